The van der Waals surface area contributed by atoms with Crippen LogP contribution in [0.4, 0.5) is 105 Å². The van der Waals surface area contributed by atoms with Crippen molar-refractivity contribution in [3.63, 3.8) is 0 Å². The van der Waals surface area contributed by atoms with E-state index in [2.05, 4.69) is 24.3 Å². The van der Waals surface area contributed by atoms with Crippen molar-refractivity contribution in [1.29, 1.82) is 0 Å². The fraction of sp³-hybridized carbons (Fsp3) is 0.246. The Morgan fingerprint density at radius 1 is 0.393 bits per heavy atom. The SMILES string of the molecule is FC(F)(F)c1cc([B-](c2cc(C(F)(F)F)cc(C(F)(F)F)c2)(c2cc(C(F)(F)F)cc(C(F)(F)F)c2)c2cc(C(F)(F)F)cc(C(F)(F)F)c2)cc(C(F)(F)F)c1.O=C(Oc1ccc(C2CCCCC2)cc1)c1c2ccccc2cc[n+]1Cc1ccccc1. The number of carbonyl (C=O) groups excluding carboxylic acids is 1. The molecule has 0 atom stereocenters. The Morgan fingerprint density at radius 2 is 0.719 bits per heavy atom. The molecule has 89 heavy (non-hydrogen) atoms. The predicted molar refractivity (Wildman–Crippen MR) is 277 cm³/mol. The molecule has 0 radical (unpaired) electrons. The minimum Gasteiger partial charge on any atom is -0.419 e. The first-order valence-corrected chi connectivity index (χ1v) is 26.2. The molecule has 0 saturated heterocycles. The van der Waals surface area contributed by atoms with Gasteiger partial charge in [-0.3, -0.25) is 0 Å². The maximum absolute atomic E-state index is 14.2. The molecule has 8 aromatic rings. The molecule has 1 aromatic heterocycles. The van der Waals surface area contributed by atoms with E-state index in [0.717, 1.165) is 16.3 Å². The van der Waals surface area contributed by atoms with E-state index in [1.807, 2.05) is 71.4 Å². The van der Waals surface area contributed by atoms with Crippen molar-refractivity contribution in [3.8, 4) is 5.75 Å². The number of nitrogens with zero attached hydrogens (tertiary/aromatic N) is 1. The normalized spacial score (nSPS) is 14.3. The molecular weight excluding hydrogens is 1250 g/mol. The summed E-state index contributed by atoms with van der Waals surface area (Å²) in [4.78, 5) is 13.4. The summed E-state index contributed by atoms with van der Waals surface area (Å²) in [6.07, 6.45) is -46.4. The van der Waals surface area contributed by atoms with Crippen LogP contribution in [0.15, 0.2) is 164 Å². The maximum atomic E-state index is 14.2. The number of aromatic nitrogens is 1. The number of halogens is 24. The summed E-state index contributed by atoms with van der Waals surface area (Å²) >= 11 is 0. The van der Waals surface area contributed by atoms with Crippen LogP contribution in [-0.4, -0.2) is 12.1 Å². The van der Waals surface area contributed by atoms with Gasteiger partial charge in [-0.25, -0.2) is 4.79 Å². The zero-order valence-corrected chi connectivity index (χ0v) is 44.8. The molecule has 1 heterocycles. The number of hydrogen-bond acceptors (Lipinski definition) is 2. The van der Waals surface area contributed by atoms with Crippen molar-refractivity contribution < 1.29 is 119 Å². The van der Waals surface area contributed by atoms with Crippen LogP contribution in [0.3, 0.4) is 0 Å². The minimum atomic E-state index is -6.13. The summed E-state index contributed by atoms with van der Waals surface area (Å²) < 4.78 is 349. The number of hydrogen-bond donors (Lipinski definition) is 0. The first-order chi connectivity index (χ1) is 41.0. The van der Waals surface area contributed by atoms with Gasteiger partial charge >= 0.3 is 55.4 Å². The summed E-state index contributed by atoms with van der Waals surface area (Å²) in [5.74, 6) is 0.900. The van der Waals surface area contributed by atoms with Crippen molar-refractivity contribution >= 4 is 44.7 Å². The number of carbonyl (C=O) groups is 1. The molecule has 1 fully saturated rings. The highest BCUT2D eigenvalue weighted by molar-refractivity contribution is 7.20. The summed E-state index contributed by atoms with van der Waals surface area (Å²) in [7, 11) is 0. The zero-order valence-electron chi connectivity index (χ0n) is 44.8. The van der Waals surface area contributed by atoms with E-state index >= 15 is 0 Å². The van der Waals surface area contributed by atoms with Crippen LogP contribution in [0.1, 0.15) is 104 Å². The second-order valence-electron chi connectivity index (χ2n) is 20.9. The predicted octanol–water partition coefficient (Wildman–Crippen LogP) is 17.7. The van der Waals surface area contributed by atoms with Crippen LogP contribution in [-0.2, 0) is 56.0 Å². The Balaban J connectivity index is 0.000000267. The van der Waals surface area contributed by atoms with E-state index in [4.69, 9.17) is 4.74 Å². The molecule has 0 unspecified atom stereocenters. The highest BCUT2D eigenvalue weighted by Gasteiger charge is 2.47. The topological polar surface area (TPSA) is 30.2 Å². The lowest BCUT2D eigenvalue weighted by Crippen LogP contribution is -2.75. The van der Waals surface area contributed by atoms with E-state index in [9.17, 15) is 110 Å². The summed E-state index contributed by atoms with van der Waals surface area (Å²) in [5.41, 5.74) is -27.1. The van der Waals surface area contributed by atoms with Crippen LogP contribution in [0.2, 0.25) is 0 Å². The van der Waals surface area contributed by atoms with Gasteiger partial charge in [0.1, 0.15) is 11.9 Å². The average Bonchev–Trinajstić information content (AvgIpc) is 0.712. The van der Waals surface area contributed by atoms with Crippen molar-refractivity contribution in [2.24, 2.45) is 0 Å². The Bertz CT molecular complexity index is 3410. The third-order valence-electron chi connectivity index (χ3n) is 14.9. The highest BCUT2D eigenvalue weighted by Crippen LogP contribution is 2.42. The Hall–Kier alpha value is -8.20. The quantitative estimate of drug-likeness (QED) is 0.0474. The van der Waals surface area contributed by atoms with E-state index in [-0.39, 0.29) is 5.97 Å². The summed E-state index contributed by atoms with van der Waals surface area (Å²) in [5, 5.41) is 1.92. The van der Waals surface area contributed by atoms with Gasteiger partial charge in [-0.1, -0.05) is 128 Å². The van der Waals surface area contributed by atoms with Crippen LogP contribution >= 0.6 is 0 Å². The van der Waals surface area contributed by atoms with Gasteiger partial charge in [0.2, 0.25) is 0 Å². The molecule has 472 valence electrons. The standard InChI is InChI=1S/C32H12BF24.C29H28NO2/c34-25(35,36)13-1-14(26(37,38)39)6-21(5-13)33(22-7-15(27(40,41)42)2-16(8-22)28(43,44)45,23-9-17(29(46,47)48)3-18(10-23)30(49,50)51)24-11-19(31(52,53)54)4-20(12-24)32(55,56)57;31-29(32-26-17-15-24(16-18-26)23-11-5-2-6-12-23)28-27-14-8-7-13-25(27)19-20-30(28)21-22-9-3-1-4-10-22/h1-12H;1,3-4,7-10,13-20,23H,2,5-6,11-12,21H2/q-1;+1. The minimum absolute atomic E-state index is 0.330. The maximum Gasteiger partial charge on any atom is 0.416 e. The number of benzene rings is 7. The molecule has 0 aliphatic heterocycles. The lowest BCUT2D eigenvalue weighted by Gasteiger charge is -2.46. The third-order valence-corrected chi connectivity index (χ3v) is 14.9. The van der Waals surface area contributed by atoms with E-state index < -0.39 is 195 Å². The molecule has 1 aliphatic carbocycles. The molecule has 7 aromatic carbocycles. The fourth-order valence-corrected chi connectivity index (χ4v) is 10.9. The Morgan fingerprint density at radius 3 is 1.06 bits per heavy atom. The molecule has 1 saturated carbocycles. The second-order valence-corrected chi connectivity index (χ2v) is 20.9. The van der Waals surface area contributed by atoms with Crippen molar-refractivity contribution in [2.45, 2.75) is 94.0 Å². The lowest BCUT2D eigenvalue weighted by atomic mass is 9.12. The number of alkyl halides is 24. The van der Waals surface area contributed by atoms with Crippen molar-refractivity contribution in [1.82, 2.24) is 0 Å². The molecule has 0 spiro atoms. The fourth-order valence-electron chi connectivity index (χ4n) is 10.9. The molecule has 0 N–H and O–H groups in total. The van der Waals surface area contributed by atoms with Crippen LogP contribution in [0.5, 0.6) is 5.75 Å². The van der Waals surface area contributed by atoms with Crippen LogP contribution in [0, 0.1) is 0 Å². The summed E-state index contributed by atoms with van der Waals surface area (Å²) in [6, 6.07) is 19.5. The second kappa shape index (κ2) is 24.3. The van der Waals surface area contributed by atoms with Crippen molar-refractivity contribution in [2.75, 3.05) is 0 Å². The van der Waals surface area contributed by atoms with Gasteiger partial charge in [0.15, 0.2) is 12.7 Å². The number of esters is 1. The number of fused-ring (bicyclic) bond motifs is 1. The molecule has 28 heteroatoms. The largest absolute Gasteiger partial charge is 0.419 e. The average molecular weight is 1290 g/mol. The molecule has 3 nitrogen and oxygen atoms in total. The van der Waals surface area contributed by atoms with E-state index in [1.54, 1.807) is 0 Å². The number of pyridine rings is 1. The monoisotopic (exact) mass is 1290 g/mol. The van der Waals surface area contributed by atoms with Gasteiger partial charge in [0, 0.05) is 11.6 Å². The molecular formula is C61H40BF24NO2. The van der Waals surface area contributed by atoms with Gasteiger partial charge in [0.25, 0.3) is 5.69 Å². The van der Waals surface area contributed by atoms with Crippen LogP contribution in [0.25, 0.3) is 10.8 Å². The van der Waals surface area contributed by atoms with Crippen LogP contribution < -0.4 is 31.2 Å². The van der Waals surface area contributed by atoms with Gasteiger partial charge < -0.3 is 4.74 Å². The highest BCUT2D eigenvalue weighted by atomic mass is 19.4. The first-order valence-electron chi connectivity index (χ1n) is 26.2. The van der Waals surface area contributed by atoms with Crippen molar-refractivity contribution in [3.05, 3.63) is 225 Å². The number of ether oxygens (including phenoxy) is 1. The van der Waals surface area contributed by atoms with Gasteiger partial charge in [-0.05, 0) is 72.2 Å². The summed E-state index contributed by atoms with van der Waals surface area (Å²) in [6.45, 7) is 0.608. The van der Waals surface area contributed by atoms with Gasteiger partial charge in [-0.2, -0.15) is 132 Å². The Kier molecular flexibility index (Phi) is 18.2. The lowest BCUT2D eigenvalue weighted by molar-refractivity contribution is -0.689. The van der Waals surface area contributed by atoms with E-state index in [0.29, 0.717) is 23.9 Å². The van der Waals surface area contributed by atoms with Gasteiger partial charge in [-0.15, -0.1) is 0 Å². The zero-order chi connectivity index (χ0) is 65.7. The molecule has 0 bridgehead atoms. The Labute approximate surface area is 488 Å². The van der Waals surface area contributed by atoms with E-state index in [1.165, 1.54) is 37.7 Å². The molecule has 9 rings (SSSR count). The number of rotatable bonds is 9. The smallest absolute Gasteiger partial charge is 0.416 e. The first kappa shape index (κ1) is 66.8. The molecule has 0 amide bonds. The molecule has 1 aliphatic rings. The van der Waals surface area contributed by atoms with Gasteiger partial charge in [0.05, 0.1) is 49.9 Å². The third kappa shape index (κ3) is 15.3.